The van der Waals surface area contributed by atoms with Gasteiger partial charge in [0.2, 0.25) is 0 Å². The molecule has 0 saturated heterocycles. The van der Waals surface area contributed by atoms with Crippen LogP contribution in [0.25, 0.3) is 113 Å². The van der Waals surface area contributed by atoms with E-state index in [4.69, 9.17) is 4.98 Å². The van der Waals surface area contributed by atoms with Gasteiger partial charge in [0.15, 0.2) is 0 Å². The zero-order chi connectivity index (χ0) is 33.9. The van der Waals surface area contributed by atoms with Gasteiger partial charge in [-0.2, -0.15) is 0 Å². The predicted octanol–water partition coefficient (Wildman–Crippen LogP) is 14.0. The number of para-hydroxylation sites is 2. The van der Waals surface area contributed by atoms with Crippen LogP contribution in [0.5, 0.6) is 0 Å². The standard InChI is InChI=1S/C49H28N2S/c1-2-12-32-29(11-1)21-24-38-41-28-31(23-26-45(41)52-48(32)38)47-36-16-6-4-14-34(36)46(35-15-5-7-17-37(35)47)30-22-25-43-40(27-30)33-13-3-8-18-39(33)49-50-42-19-9-10-20-44(42)51(43)49/h1-28H. The van der Waals surface area contributed by atoms with Gasteiger partial charge in [0.25, 0.3) is 0 Å². The highest BCUT2D eigenvalue weighted by atomic mass is 32.1. The van der Waals surface area contributed by atoms with Gasteiger partial charge in [-0.25, -0.2) is 4.98 Å². The first-order chi connectivity index (χ1) is 25.8. The molecule has 0 unspecified atom stereocenters. The van der Waals surface area contributed by atoms with Gasteiger partial charge in [0.1, 0.15) is 5.65 Å². The van der Waals surface area contributed by atoms with E-state index in [2.05, 4.69) is 174 Å². The van der Waals surface area contributed by atoms with Crippen molar-refractivity contribution in [3.05, 3.63) is 170 Å². The summed E-state index contributed by atoms with van der Waals surface area (Å²) < 4.78 is 5.02. The molecule has 12 rings (SSSR count). The summed E-state index contributed by atoms with van der Waals surface area (Å²) in [4.78, 5) is 5.10. The van der Waals surface area contributed by atoms with Crippen LogP contribution in [0, 0.1) is 0 Å². The van der Waals surface area contributed by atoms with Gasteiger partial charge in [0, 0.05) is 30.9 Å². The number of benzene rings is 9. The Morgan fingerprint density at radius 3 is 1.69 bits per heavy atom. The second kappa shape index (κ2) is 10.5. The molecule has 3 aromatic heterocycles. The molecule has 0 aliphatic heterocycles. The van der Waals surface area contributed by atoms with Crippen molar-refractivity contribution in [1.29, 1.82) is 0 Å². The maximum Gasteiger partial charge on any atom is 0.146 e. The first-order valence-corrected chi connectivity index (χ1v) is 18.6. The fourth-order valence-electron chi connectivity index (χ4n) is 8.88. The summed E-state index contributed by atoms with van der Waals surface area (Å²) in [6.45, 7) is 0. The molecule has 52 heavy (non-hydrogen) atoms. The zero-order valence-electron chi connectivity index (χ0n) is 28.0. The van der Waals surface area contributed by atoms with Gasteiger partial charge in [-0.15, -0.1) is 11.3 Å². The largest absolute Gasteiger partial charge is 0.292 e. The minimum Gasteiger partial charge on any atom is -0.292 e. The zero-order valence-corrected chi connectivity index (χ0v) is 28.8. The van der Waals surface area contributed by atoms with Gasteiger partial charge in [-0.05, 0) is 96.4 Å². The van der Waals surface area contributed by atoms with E-state index in [0.29, 0.717) is 0 Å². The van der Waals surface area contributed by atoms with Crippen LogP contribution >= 0.6 is 11.3 Å². The summed E-state index contributed by atoms with van der Waals surface area (Å²) in [5.74, 6) is 0. The highest BCUT2D eigenvalue weighted by Gasteiger charge is 2.20. The summed E-state index contributed by atoms with van der Waals surface area (Å²) in [6.07, 6.45) is 0. The number of aromatic nitrogens is 2. The number of pyridine rings is 1. The van der Waals surface area contributed by atoms with Crippen molar-refractivity contribution in [2.75, 3.05) is 0 Å². The van der Waals surface area contributed by atoms with Crippen molar-refractivity contribution in [3.63, 3.8) is 0 Å². The van der Waals surface area contributed by atoms with E-state index in [1.165, 1.54) is 91.0 Å². The highest BCUT2D eigenvalue weighted by Crippen LogP contribution is 2.47. The molecule has 0 fully saturated rings. The number of rotatable bonds is 2. The first kappa shape index (κ1) is 28.2. The van der Waals surface area contributed by atoms with Crippen molar-refractivity contribution in [1.82, 2.24) is 9.38 Å². The van der Waals surface area contributed by atoms with Crippen LogP contribution in [0.2, 0.25) is 0 Å². The normalized spacial score (nSPS) is 12.2. The second-order valence-corrected chi connectivity index (χ2v) is 14.9. The van der Waals surface area contributed by atoms with Gasteiger partial charge in [-0.1, -0.05) is 133 Å². The molecule has 9 aromatic carbocycles. The molecule has 0 aliphatic rings. The summed E-state index contributed by atoms with van der Waals surface area (Å²) in [5.41, 5.74) is 9.33. The lowest BCUT2D eigenvalue weighted by molar-refractivity contribution is 1.31. The molecule has 0 spiro atoms. The molecule has 3 heterocycles. The maximum atomic E-state index is 5.10. The average molecular weight is 677 g/mol. The molecule has 3 heteroatoms. The summed E-state index contributed by atoms with van der Waals surface area (Å²) in [7, 11) is 0. The van der Waals surface area contributed by atoms with Gasteiger partial charge in [-0.3, -0.25) is 4.40 Å². The van der Waals surface area contributed by atoms with Crippen molar-refractivity contribution < 1.29 is 0 Å². The van der Waals surface area contributed by atoms with Crippen LogP contribution in [-0.4, -0.2) is 9.38 Å². The molecule has 0 bridgehead atoms. The van der Waals surface area contributed by atoms with Gasteiger partial charge in [0.05, 0.1) is 16.6 Å². The van der Waals surface area contributed by atoms with Crippen LogP contribution in [-0.2, 0) is 0 Å². The number of hydrogen-bond acceptors (Lipinski definition) is 2. The molecule has 0 saturated carbocycles. The predicted molar refractivity (Wildman–Crippen MR) is 224 cm³/mol. The number of hydrogen-bond donors (Lipinski definition) is 0. The quantitative estimate of drug-likeness (QED) is 0.132. The molecular weight excluding hydrogens is 649 g/mol. The van der Waals surface area contributed by atoms with Crippen molar-refractivity contribution in [2.45, 2.75) is 0 Å². The van der Waals surface area contributed by atoms with Gasteiger partial charge >= 0.3 is 0 Å². The molecule has 0 N–H and O–H groups in total. The molecule has 0 atom stereocenters. The Hall–Kier alpha value is -6.55. The van der Waals surface area contributed by atoms with E-state index in [1.807, 2.05) is 11.3 Å². The lowest BCUT2D eigenvalue weighted by Crippen LogP contribution is -1.94. The summed E-state index contributed by atoms with van der Waals surface area (Å²) in [6, 6.07) is 62.6. The Labute approximate surface area is 302 Å². The highest BCUT2D eigenvalue weighted by molar-refractivity contribution is 7.26. The third-order valence-electron chi connectivity index (χ3n) is 11.1. The third-order valence-corrected chi connectivity index (χ3v) is 12.3. The van der Waals surface area contributed by atoms with Crippen LogP contribution in [0.4, 0.5) is 0 Å². The Balaban J connectivity index is 1.15. The first-order valence-electron chi connectivity index (χ1n) is 17.8. The lowest BCUT2D eigenvalue weighted by Gasteiger charge is -2.18. The SMILES string of the molecule is c1ccc2c(c1)ccc1c3cc(-c4c5ccccc5c(-c5ccc6c(c5)c5ccccc5c5nc7ccccc7n65)c5ccccc45)ccc3sc21. The number of imidazole rings is 1. The number of nitrogens with zero attached hydrogens (tertiary/aromatic N) is 2. The monoisotopic (exact) mass is 676 g/mol. The Morgan fingerprint density at radius 2 is 0.962 bits per heavy atom. The third kappa shape index (κ3) is 3.80. The molecule has 240 valence electrons. The minimum atomic E-state index is 1.00. The van der Waals surface area contributed by atoms with E-state index < -0.39 is 0 Å². The van der Waals surface area contributed by atoms with Gasteiger partial charge < -0.3 is 0 Å². The lowest BCUT2D eigenvalue weighted by atomic mass is 9.85. The minimum absolute atomic E-state index is 1.00. The molecule has 0 radical (unpaired) electrons. The second-order valence-electron chi connectivity index (χ2n) is 13.9. The Morgan fingerprint density at radius 1 is 0.385 bits per heavy atom. The average Bonchev–Trinajstić information content (AvgIpc) is 3.79. The fourth-order valence-corrected chi connectivity index (χ4v) is 10.1. The molecule has 2 nitrogen and oxygen atoms in total. The topological polar surface area (TPSA) is 17.3 Å². The maximum absolute atomic E-state index is 5.10. The van der Waals surface area contributed by atoms with E-state index >= 15 is 0 Å². The van der Waals surface area contributed by atoms with E-state index in [0.717, 1.165) is 22.1 Å². The summed E-state index contributed by atoms with van der Waals surface area (Å²) in [5, 5.41) is 13.9. The fraction of sp³-hybridized carbons (Fsp3) is 0. The Bertz CT molecular complexity index is 3420. The van der Waals surface area contributed by atoms with E-state index in [9.17, 15) is 0 Å². The van der Waals surface area contributed by atoms with Crippen molar-refractivity contribution in [2.24, 2.45) is 0 Å². The number of thiophene rings is 1. The molecule has 0 amide bonds. The summed E-state index contributed by atoms with van der Waals surface area (Å²) >= 11 is 1.90. The van der Waals surface area contributed by atoms with E-state index in [1.54, 1.807) is 0 Å². The van der Waals surface area contributed by atoms with Crippen LogP contribution in [0.1, 0.15) is 0 Å². The van der Waals surface area contributed by atoms with Crippen LogP contribution < -0.4 is 0 Å². The van der Waals surface area contributed by atoms with Crippen LogP contribution in [0.3, 0.4) is 0 Å². The Kier molecular flexibility index (Phi) is 5.68. The molecule has 12 aromatic rings. The molecule has 0 aliphatic carbocycles. The van der Waals surface area contributed by atoms with Crippen LogP contribution in [0.15, 0.2) is 170 Å². The number of fused-ring (bicyclic) bond motifs is 15. The molecular formula is C49H28N2S. The van der Waals surface area contributed by atoms with Crippen molar-refractivity contribution in [3.8, 4) is 22.3 Å². The smallest absolute Gasteiger partial charge is 0.146 e. The van der Waals surface area contributed by atoms with Crippen molar-refractivity contribution >= 4 is 102 Å². The van der Waals surface area contributed by atoms with E-state index in [-0.39, 0.29) is 0 Å².